The Morgan fingerprint density at radius 3 is 2.41 bits per heavy atom. The van der Waals surface area contributed by atoms with E-state index in [1.807, 2.05) is 55.4 Å². The van der Waals surface area contributed by atoms with Crippen molar-refractivity contribution in [2.75, 3.05) is 31.4 Å². The second-order valence-electron chi connectivity index (χ2n) is 8.69. The Kier molecular flexibility index (Phi) is 5.93. The zero-order valence-corrected chi connectivity index (χ0v) is 19.3. The lowest BCUT2D eigenvalue weighted by molar-refractivity contribution is -0.274. The molecule has 0 aliphatic carbocycles. The lowest BCUT2D eigenvalue weighted by Gasteiger charge is -2.24. The van der Waals surface area contributed by atoms with Crippen LogP contribution in [-0.2, 0) is 16.6 Å². The molecule has 0 spiro atoms. The molecule has 178 valence electrons. The summed E-state index contributed by atoms with van der Waals surface area (Å²) in [6.45, 7) is 1.78. The van der Waals surface area contributed by atoms with Crippen molar-refractivity contribution in [2.24, 2.45) is 0 Å². The first-order valence-electron chi connectivity index (χ1n) is 10.7. The zero-order valence-electron chi connectivity index (χ0n) is 19.3. The molecule has 8 heteroatoms. The number of nitrogens with zero attached hydrogens (tertiary/aromatic N) is 1. The van der Waals surface area contributed by atoms with Gasteiger partial charge in [0.25, 0.3) is 0 Å². The third kappa shape index (κ3) is 4.53. The third-order valence-electron chi connectivity index (χ3n) is 6.09. The average molecular weight is 470 g/mol. The molecule has 0 bridgehead atoms. The van der Waals surface area contributed by atoms with E-state index in [-0.39, 0.29) is 18.1 Å². The molecule has 3 aromatic rings. The molecule has 1 aliphatic heterocycles. The molecule has 0 aromatic heterocycles. The smallest absolute Gasteiger partial charge is 0.496 e. The SMILES string of the molecule is COc1ccc(OC(F)(F)F)cc1CC1(C)C(=O)Nc2ccc(-c3cccc(N(C)C)c3)cc21. The van der Waals surface area contributed by atoms with Gasteiger partial charge in [-0.25, -0.2) is 0 Å². The Balaban J connectivity index is 1.74. The van der Waals surface area contributed by atoms with Crippen LogP contribution in [0, 0.1) is 0 Å². The first-order chi connectivity index (χ1) is 16.0. The number of hydrogen-bond donors (Lipinski definition) is 1. The average Bonchev–Trinajstić information content (AvgIpc) is 3.02. The highest BCUT2D eigenvalue weighted by molar-refractivity contribution is 6.06. The van der Waals surface area contributed by atoms with Crippen molar-refractivity contribution in [1.29, 1.82) is 0 Å². The summed E-state index contributed by atoms with van der Waals surface area (Å²) < 4.78 is 47.7. The van der Waals surface area contributed by atoms with Gasteiger partial charge in [-0.1, -0.05) is 18.2 Å². The molecule has 4 rings (SSSR count). The van der Waals surface area contributed by atoms with Crippen LogP contribution in [0.5, 0.6) is 11.5 Å². The molecule has 0 saturated carbocycles. The number of hydrogen-bond acceptors (Lipinski definition) is 4. The second-order valence-corrected chi connectivity index (χ2v) is 8.69. The van der Waals surface area contributed by atoms with E-state index >= 15 is 0 Å². The van der Waals surface area contributed by atoms with E-state index in [4.69, 9.17) is 4.74 Å². The number of carbonyl (C=O) groups is 1. The summed E-state index contributed by atoms with van der Waals surface area (Å²) in [5.74, 6) is -0.211. The minimum absolute atomic E-state index is 0.130. The van der Waals surface area contributed by atoms with E-state index in [0.717, 1.165) is 22.4 Å². The van der Waals surface area contributed by atoms with Gasteiger partial charge in [0.2, 0.25) is 5.91 Å². The predicted molar refractivity (Wildman–Crippen MR) is 126 cm³/mol. The molecule has 1 atom stereocenters. The van der Waals surface area contributed by atoms with E-state index in [9.17, 15) is 18.0 Å². The van der Waals surface area contributed by atoms with Gasteiger partial charge in [-0.2, -0.15) is 0 Å². The predicted octanol–water partition coefficient (Wildman–Crippen LogP) is 5.78. The molecule has 0 saturated heterocycles. The van der Waals surface area contributed by atoms with Gasteiger partial charge in [0.1, 0.15) is 11.5 Å². The minimum Gasteiger partial charge on any atom is -0.496 e. The molecular weight excluding hydrogens is 445 g/mol. The van der Waals surface area contributed by atoms with Crippen LogP contribution < -0.4 is 19.7 Å². The van der Waals surface area contributed by atoms with Crippen LogP contribution in [0.4, 0.5) is 24.5 Å². The summed E-state index contributed by atoms with van der Waals surface area (Å²) >= 11 is 0. The maximum Gasteiger partial charge on any atom is 0.573 e. The number of amides is 1. The fourth-order valence-electron chi connectivity index (χ4n) is 4.28. The van der Waals surface area contributed by atoms with E-state index < -0.39 is 11.8 Å². The minimum atomic E-state index is -4.82. The van der Waals surface area contributed by atoms with E-state index in [2.05, 4.69) is 16.1 Å². The molecule has 0 fully saturated rings. The van der Waals surface area contributed by atoms with Crippen molar-refractivity contribution in [3.8, 4) is 22.6 Å². The fourth-order valence-corrected chi connectivity index (χ4v) is 4.28. The number of methoxy groups -OCH3 is 1. The van der Waals surface area contributed by atoms with Crippen LogP contribution in [0.3, 0.4) is 0 Å². The Bertz CT molecular complexity index is 1240. The van der Waals surface area contributed by atoms with Gasteiger partial charge in [-0.15, -0.1) is 13.2 Å². The van der Waals surface area contributed by atoms with E-state index in [1.54, 1.807) is 6.92 Å². The molecule has 5 nitrogen and oxygen atoms in total. The first-order valence-corrected chi connectivity index (χ1v) is 10.7. The van der Waals surface area contributed by atoms with Crippen LogP contribution in [0.15, 0.2) is 60.7 Å². The van der Waals surface area contributed by atoms with Crippen LogP contribution in [0.25, 0.3) is 11.1 Å². The summed E-state index contributed by atoms with van der Waals surface area (Å²) in [7, 11) is 5.36. The highest BCUT2D eigenvalue weighted by Gasteiger charge is 2.43. The summed E-state index contributed by atoms with van der Waals surface area (Å²) in [5.41, 5.74) is 3.85. The molecule has 0 radical (unpaired) electrons. The number of carbonyl (C=O) groups excluding carboxylic acids is 1. The van der Waals surface area contributed by atoms with Crippen molar-refractivity contribution in [3.63, 3.8) is 0 Å². The topological polar surface area (TPSA) is 50.8 Å². The highest BCUT2D eigenvalue weighted by Crippen LogP contribution is 2.44. The van der Waals surface area contributed by atoms with Gasteiger partial charge in [-0.3, -0.25) is 4.79 Å². The van der Waals surface area contributed by atoms with Crippen molar-refractivity contribution in [2.45, 2.75) is 25.1 Å². The number of nitrogens with one attached hydrogen (secondary N) is 1. The highest BCUT2D eigenvalue weighted by atomic mass is 19.4. The summed E-state index contributed by atoms with van der Waals surface area (Å²) in [6.07, 6.45) is -4.69. The van der Waals surface area contributed by atoms with E-state index in [1.165, 1.54) is 25.3 Å². The molecule has 1 heterocycles. The molecule has 1 aliphatic rings. The van der Waals surface area contributed by atoms with Crippen molar-refractivity contribution in [1.82, 2.24) is 0 Å². The summed E-state index contributed by atoms with van der Waals surface area (Å²) in [4.78, 5) is 15.1. The van der Waals surface area contributed by atoms with Crippen molar-refractivity contribution < 1.29 is 27.4 Å². The number of alkyl halides is 3. The number of anilines is 2. The van der Waals surface area contributed by atoms with Crippen LogP contribution >= 0.6 is 0 Å². The van der Waals surface area contributed by atoms with Crippen molar-refractivity contribution in [3.05, 3.63) is 71.8 Å². The number of ether oxygens (including phenoxy) is 2. The zero-order chi connectivity index (χ0) is 24.7. The second kappa shape index (κ2) is 8.59. The van der Waals surface area contributed by atoms with Crippen LogP contribution in [0.1, 0.15) is 18.1 Å². The lowest BCUT2D eigenvalue weighted by atomic mass is 9.77. The standard InChI is InChI=1S/C26H25F3N2O3/c1-25(15-18-13-20(34-26(27,28)29)9-11-23(18)33-4)21-14-17(8-10-22(21)30-24(25)32)16-6-5-7-19(12-16)31(2)3/h5-14H,15H2,1-4H3,(H,30,32). The monoisotopic (exact) mass is 470 g/mol. The Morgan fingerprint density at radius 2 is 1.74 bits per heavy atom. The van der Waals surface area contributed by atoms with Crippen LogP contribution in [0.2, 0.25) is 0 Å². The summed E-state index contributed by atoms with van der Waals surface area (Å²) in [5, 5.41) is 2.91. The quantitative estimate of drug-likeness (QED) is 0.496. The fraction of sp³-hybridized carbons (Fsp3) is 0.269. The van der Waals surface area contributed by atoms with Gasteiger partial charge < -0.3 is 19.7 Å². The van der Waals surface area contributed by atoms with Gasteiger partial charge in [0, 0.05) is 25.5 Å². The largest absolute Gasteiger partial charge is 0.573 e. The molecule has 1 amide bonds. The van der Waals surface area contributed by atoms with Gasteiger partial charge >= 0.3 is 6.36 Å². The normalized spacial score (nSPS) is 17.2. The molecule has 1 unspecified atom stereocenters. The first kappa shape index (κ1) is 23.5. The number of fused-ring (bicyclic) bond motifs is 1. The molecule has 1 N–H and O–H groups in total. The Morgan fingerprint density at radius 1 is 1.00 bits per heavy atom. The Hall–Kier alpha value is -3.68. The summed E-state index contributed by atoms with van der Waals surface area (Å²) in [6, 6.07) is 17.7. The molecule has 3 aromatic carbocycles. The number of halogens is 3. The maximum atomic E-state index is 13.1. The molecule has 34 heavy (non-hydrogen) atoms. The number of rotatable bonds is 6. The number of benzene rings is 3. The van der Waals surface area contributed by atoms with E-state index in [0.29, 0.717) is 17.0 Å². The van der Waals surface area contributed by atoms with Crippen molar-refractivity contribution >= 4 is 17.3 Å². The maximum absolute atomic E-state index is 13.1. The molecular formula is C26H25F3N2O3. The van der Waals surface area contributed by atoms with Gasteiger partial charge in [0.15, 0.2) is 0 Å². The third-order valence-corrected chi connectivity index (χ3v) is 6.09. The van der Waals surface area contributed by atoms with Gasteiger partial charge in [-0.05, 0) is 78.1 Å². The van der Waals surface area contributed by atoms with Gasteiger partial charge in [0.05, 0.1) is 12.5 Å². The lowest BCUT2D eigenvalue weighted by Crippen LogP contribution is -2.33. The van der Waals surface area contributed by atoms with Crippen LogP contribution in [-0.4, -0.2) is 33.5 Å². The Labute approximate surface area is 196 Å².